The molecule has 2 nitrogen and oxygen atoms in total. The topological polar surface area (TPSA) is 29.5 Å². The maximum absolute atomic E-state index is 10.4. The van der Waals surface area contributed by atoms with E-state index in [4.69, 9.17) is 4.74 Å². The van der Waals surface area contributed by atoms with E-state index in [1.807, 2.05) is 38.1 Å². The van der Waals surface area contributed by atoms with Crippen molar-refractivity contribution >= 4 is 11.3 Å². The monoisotopic (exact) mass is 276 g/mol. The quantitative estimate of drug-likeness (QED) is 0.905. The molecule has 0 saturated carbocycles. The number of rotatable bonds is 4. The number of aliphatic hydroxyl groups is 1. The van der Waals surface area contributed by atoms with Gasteiger partial charge >= 0.3 is 0 Å². The highest BCUT2D eigenvalue weighted by Crippen LogP contribution is 2.32. The average Bonchev–Trinajstić information content (AvgIpc) is 2.68. The summed E-state index contributed by atoms with van der Waals surface area (Å²) in [6.45, 7) is 8.14. The van der Waals surface area contributed by atoms with Crippen molar-refractivity contribution in [1.82, 2.24) is 0 Å². The Balaban J connectivity index is 2.25. The van der Waals surface area contributed by atoms with Crippen molar-refractivity contribution in [3.8, 4) is 5.75 Å². The zero-order chi connectivity index (χ0) is 14.0. The summed E-state index contributed by atoms with van der Waals surface area (Å²) in [7, 11) is 0. The van der Waals surface area contributed by atoms with Crippen LogP contribution < -0.4 is 4.74 Å². The largest absolute Gasteiger partial charge is 0.491 e. The third-order valence-electron chi connectivity index (χ3n) is 3.00. The molecule has 3 heteroatoms. The van der Waals surface area contributed by atoms with Gasteiger partial charge in [-0.05, 0) is 57.0 Å². The smallest absolute Gasteiger partial charge is 0.120 e. The van der Waals surface area contributed by atoms with Crippen LogP contribution in [0.3, 0.4) is 0 Å². The lowest BCUT2D eigenvalue weighted by molar-refractivity contribution is 0.219. The molecule has 1 aromatic heterocycles. The number of hydrogen-bond donors (Lipinski definition) is 1. The highest BCUT2D eigenvalue weighted by atomic mass is 32.1. The second kappa shape index (κ2) is 5.76. The molecule has 0 spiro atoms. The molecule has 0 saturated heterocycles. The third-order valence-corrected chi connectivity index (χ3v) is 4.21. The van der Waals surface area contributed by atoms with E-state index in [0.29, 0.717) is 0 Å². The summed E-state index contributed by atoms with van der Waals surface area (Å²) in [5, 5.41) is 10.4. The fraction of sp³-hybridized carbons (Fsp3) is 0.375. The van der Waals surface area contributed by atoms with Gasteiger partial charge in [0.1, 0.15) is 11.9 Å². The summed E-state index contributed by atoms with van der Waals surface area (Å²) >= 11 is 1.65. The zero-order valence-corrected chi connectivity index (χ0v) is 12.6. The van der Waals surface area contributed by atoms with Crippen LogP contribution in [0.25, 0.3) is 0 Å². The van der Waals surface area contributed by atoms with Gasteiger partial charge < -0.3 is 9.84 Å². The first-order valence-corrected chi connectivity index (χ1v) is 7.30. The SMILES string of the molecule is Cc1cc(C(O)c2cccc(OC(C)C)c2)sc1C. The Morgan fingerprint density at radius 3 is 2.47 bits per heavy atom. The minimum atomic E-state index is -0.576. The molecule has 0 radical (unpaired) electrons. The molecule has 1 aromatic carbocycles. The summed E-state index contributed by atoms with van der Waals surface area (Å²) in [6.07, 6.45) is -0.438. The van der Waals surface area contributed by atoms with Gasteiger partial charge in [0, 0.05) is 9.75 Å². The summed E-state index contributed by atoms with van der Waals surface area (Å²) in [5.41, 5.74) is 2.10. The van der Waals surface area contributed by atoms with Gasteiger partial charge in [0.05, 0.1) is 6.10 Å². The Bertz CT molecular complexity index is 538. The van der Waals surface area contributed by atoms with Crippen LogP contribution in [0.5, 0.6) is 5.75 Å². The zero-order valence-electron chi connectivity index (χ0n) is 11.8. The maximum Gasteiger partial charge on any atom is 0.120 e. The lowest BCUT2D eigenvalue weighted by Crippen LogP contribution is -2.06. The van der Waals surface area contributed by atoms with Gasteiger partial charge in [0.25, 0.3) is 0 Å². The summed E-state index contributed by atoms with van der Waals surface area (Å²) in [4.78, 5) is 2.24. The van der Waals surface area contributed by atoms with Crippen molar-refractivity contribution in [3.63, 3.8) is 0 Å². The van der Waals surface area contributed by atoms with Crippen molar-refractivity contribution < 1.29 is 9.84 Å². The van der Waals surface area contributed by atoms with Gasteiger partial charge in [0.2, 0.25) is 0 Å². The summed E-state index contributed by atoms with van der Waals surface area (Å²) in [6, 6.07) is 9.74. The molecule has 1 N–H and O–H groups in total. The molecule has 1 unspecified atom stereocenters. The molecular weight excluding hydrogens is 256 g/mol. The molecule has 1 atom stereocenters. The number of thiophene rings is 1. The van der Waals surface area contributed by atoms with E-state index >= 15 is 0 Å². The molecule has 19 heavy (non-hydrogen) atoms. The van der Waals surface area contributed by atoms with Gasteiger partial charge in [-0.3, -0.25) is 0 Å². The first-order valence-electron chi connectivity index (χ1n) is 6.49. The predicted molar refractivity (Wildman–Crippen MR) is 80.1 cm³/mol. The Labute approximate surface area is 118 Å². The van der Waals surface area contributed by atoms with Crippen molar-refractivity contribution in [2.24, 2.45) is 0 Å². The lowest BCUT2D eigenvalue weighted by Gasteiger charge is -2.13. The number of benzene rings is 1. The molecule has 0 aliphatic heterocycles. The average molecular weight is 276 g/mol. The minimum Gasteiger partial charge on any atom is -0.491 e. The first kappa shape index (κ1) is 14.1. The highest BCUT2D eigenvalue weighted by molar-refractivity contribution is 7.12. The van der Waals surface area contributed by atoms with Gasteiger partial charge in [-0.2, -0.15) is 0 Å². The van der Waals surface area contributed by atoms with E-state index in [-0.39, 0.29) is 6.10 Å². The second-order valence-corrected chi connectivity index (χ2v) is 6.32. The molecule has 2 aromatic rings. The molecule has 1 heterocycles. The molecule has 0 fully saturated rings. The molecule has 0 amide bonds. The number of hydrogen-bond acceptors (Lipinski definition) is 3. The van der Waals surface area contributed by atoms with Crippen LogP contribution in [-0.2, 0) is 0 Å². The maximum atomic E-state index is 10.4. The molecule has 102 valence electrons. The van der Waals surface area contributed by atoms with Crippen molar-refractivity contribution in [1.29, 1.82) is 0 Å². The number of aliphatic hydroxyl groups excluding tert-OH is 1. The second-order valence-electron chi connectivity index (χ2n) is 5.03. The van der Waals surface area contributed by atoms with Crippen molar-refractivity contribution in [2.75, 3.05) is 0 Å². The van der Waals surface area contributed by atoms with Crippen LogP contribution in [0.1, 0.15) is 40.8 Å². The summed E-state index contributed by atoms with van der Waals surface area (Å²) in [5.74, 6) is 0.802. The van der Waals surface area contributed by atoms with Crippen LogP contribution in [0, 0.1) is 13.8 Å². The molecule has 0 aliphatic carbocycles. The summed E-state index contributed by atoms with van der Waals surface area (Å²) < 4.78 is 5.66. The van der Waals surface area contributed by atoms with Crippen LogP contribution >= 0.6 is 11.3 Å². The van der Waals surface area contributed by atoms with Gasteiger partial charge in [-0.15, -0.1) is 11.3 Å². The molecule has 2 rings (SSSR count). The minimum absolute atomic E-state index is 0.138. The first-order chi connectivity index (χ1) is 8.97. The Kier molecular flexibility index (Phi) is 4.27. The fourth-order valence-corrected chi connectivity index (χ4v) is 2.99. The van der Waals surface area contributed by atoms with Crippen LogP contribution in [-0.4, -0.2) is 11.2 Å². The van der Waals surface area contributed by atoms with Crippen LogP contribution in [0.15, 0.2) is 30.3 Å². The predicted octanol–water partition coefficient (Wildman–Crippen LogP) is 4.23. The van der Waals surface area contributed by atoms with Crippen molar-refractivity contribution in [2.45, 2.75) is 39.9 Å². The standard InChI is InChI=1S/C16H20O2S/c1-10(2)18-14-7-5-6-13(9-14)16(17)15-8-11(3)12(4)19-15/h5-10,16-17H,1-4H3. The van der Waals surface area contributed by atoms with Gasteiger partial charge in [0.15, 0.2) is 0 Å². The molecule has 0 bridgehead atoms. The van der Waals surface area contributed by atoms with E-state index in [1.54, 1.807) is 11.3 Å². The Hall–Kier alpha value is -1.32. The van der Waals surface area contributed by atoms with Gasteiger partial charge in [-0.25, -0.2) is 0 Å². The van der Waals surface area contributed by atoms with Crippen LogP contribution in [0.2, 0.25) is 0 Å². The molecule has 0 aliphatic rings. The van der Waals surface area contributed by atoms with E-state index in [2.05, 4.69) is 19.9 Å². The van der Waals surface area contributed by atoms with Crippen LogP contribution in [0.4, 0.5) is 0 Å². The lowest BCUT2D eigenvalue weighted by atomic mass is 10.1. The van der Waals surface area contributed by atoms with E-state index in [0.717, 1.165) is 16.2 Å². The highest BCUT2D eigenvalue weighted by Gasteiger charge is 2.14. The Morgan fingerprint density at radius 1 is 1.16 bits per heavy atom. The third kappa shape index (κ3) is 3.37. The van der Waals surface area contributed by atoms with E-state index < -0.39 is 6.10 Å². The molecular formula is C16H20O2S. The van der Waals surface area contributed by atoms with Crippen molar-refractivity contribution in [3.05, 3.63) is 51.2 Å². The Morgan fingerprint density at radius 2 is 1.89 bits per heavy atom. The number of aryl methyl sites for hydroxylation is 2. The van der Waals surface area contributed by atoms with E-state index in [9.17, 15) is 5.11 Å². The number of ether oxygens (including phenoxy) is 1. The fourth-order valence-electron chi connectivity index (χ4n) is 1.93. The van der Waals surface area contributed by atoms with E-state index in [1.165, 1.54) is 10.4 Å². The normalized spacial score (nSPS) is 12.7. The van der Waals surface area contributed by atoms with Gasteiger partial charge in [-0.1, -0.05) is 12.1 Å².